The number of anilines is 1. The lowest BCUT2D eigenvalue weighted by Gasteiger charge is -2.06. The molecule has 2 aromatic carbocycles. The van der Waals surface area contributed by atoms with Gasteiger partial charge < -0.3 is 9.73 Å². The molecule has 3 rings (SSSR count). The van der Waals surface area contributed by atoms with E-state index in [4.69, 9.17) is 4.42 Å². The van der Waals surface area contributed by atoms with Gasteiger partial charge in [-0.1, -0.05) is 18.2 Å². The number of nitrogens with one attached hydrogen (secondary N) is 1. The molecule has 0 aliphatic carbocycles. The Balaban J connectivity index is 1.60. The third kappa shape index (κ3) is 3.47. The molecule has 0 aliphatic heterocycles. The summed E-state index contributed by atoms with van der Waals surface area (Å²) in [6.07, 6.45) is 0.834. The maximum atomic E-state index is 12.0. The Morgan fingerprint density at radius 2 is 2.09 bits per heavy atom. The third-order valence-electron chi connectivity index (χ3n) is 3.36. The summed E-state index contributed by atoms with van der Waals surface area (Å²) in [6, 6.07) is 13.5. The Morgan fingerprint density at radius 3 is 2.86 bits per heavy atom. The minimum Gasteiger partial charge on any atom is -0.441 e. The molecule has 4 nitrogen and oxygen atoms in total. The van der Waals surface area contributed by atoms with Gasteiger partial charge >= 0.3 is 0 Å². The largest absolute Gasteiger partial charge is 0.441 e. The second-order valence-corrected chi connectivity index (χ2v) is 6.25. The predicted molar refractivity (Wildman–Crippen MR) is 94.9 cm³/mol. The number of halogens is 1. The molecule has 0 spiro atoms. The molecule has 5 heteroatoms. The molecule has 0 saturated carbocycles. The molecule has 22 heavy (non-hydrogen) atoms. The smallest absolute Gasteiger partial charge is 0.224 e. The van der Waals surface area contributed by atoms with Crippen LogP contribution in [-0.4, -0.2) is 10.9 Å². The molecule has 1 amide bonds. The molecule has 1 heterocycles. The van der Waals surface area contributed by atoms with E-state index in [2.05, 4.69) is 32.9 Å². The number of carbonyl (C=O) groups excluding carboxylic acids is 1. The average Bonchev–Trinajstić information content (AvgIpc) is 2.92. The fourth-order valence-corrected chi connectivity index (χ4v) is 2.66. The van der Waals surface area contributed by atoms with Crippen molar-refractivity contribution in [2.45, 2.75) is 19.8 Å². The zero-order valence-corrected chi connectivity index (χ0v) is 14.3. The van der Waals surface area contributed by atoms with E-state index in [1.165, 1.54) is 5.56 Å². The molecule has 1 aromatic heterocycles. The Bertz CT molecular complexity index is 793. The fraction of sp³-hybridized carbons (Fsp3) is 0.176. The number of fused-ring (bicyclic) bond motifs is 1. The lowest BCUT2D eigenvalue weighted by molar-refractivity contribution is -0.116. The molecular formula is C17H15IN2O2. The standard InChI is InChI=1S/C17H15IN2O2/c1-11-6-7-12(10-13(11)18)19-16(21)8-9-17-20-14-4-2-3-5-15(14)22-17/h2-7,10H,8-9H2,1H3,(H,19,21). The molecule has 0 bridgehead atoms. The van der Waals surface area contributed by atoms with Crippen LogP contribution in [0.5, 0.6) is 0 Å². The van der Waals surface area contributed by atoms with Crippen LogP contribution in [-0.2, 0) is 11.2 Å². The van der Waals surface area contributed by atoms with E-state index >= 15 is 0 Å². The summed E-state index contributed by atoms with van der Waals surface area (Å²) in [7, 11) is 0. The van der Waals surface area contributed by atoms with Gasteiger partial charge in [0.15, 0.2) is 11.5 Å². The Labute approximate surface area is 142 Å². The fourth-order valence-electron chi connectivity index (χ4n) is 2.14. The Hall–Kier alpha value is -1.89. The number of para-hydroxylation sites is 2. The first-order valence-corrected chi connectivity index (χ1v) is 8.10. The number of hydrogen-bond acceptors (Lipinski definition) is 3. The number of amides is 1. The Morgan fingerprint density at radius 1 is 1.27 bits per heavy atom. The number of aryl methyl sites for hydroxylation is 2. The van der Waals surface area contributed by atoms with E-state index in [0.29, 0.717) is 18.7 Å². The summed E-state index contributed by atoms with van der Waals surface area (Å²) in [5.41, 5.74) is 3.60. The molecule has 0 fully saturated rings. The molecule has 1 N–H and O–H groups in total. The van der Waals surface area contributed by atoms with Gasteiger partial charge in [0, 0.05) is 22.1 Å². The molecule has 0 radical (unpaired) electrons. The van der Waals surface area contributed by atoms with Gasteiger partial charge in [0.1, 0.15) is 5.52 Å². The van der Waals surface area contributed by atoms with Crippen molar-refractivity contribution >= 4 is 45.3 Å². The van der Waals surface area contributed by atoms with E-state index in [1.54, 1.807) is 0 Å². The summed E-state index contributed by atoms with van der Waals surface area (Å²) in [4.78, 5) is 16.4. The summed E-state index contributed by atoms with van der Waals surface area (Å²) in [5.74, 6) is 0.553. The minimum absolute atomic E-state index is 0.0399. The van der Waals surface area contributed by atoms with Gasteiger partial charge in [-0.15, -0.1) is 0 Å². The van der Waals surface area contributed by atoms with E-state index in [9.17, 15) is 4.79 Å². The van der Waals surface area contributed by atoms with Crippen molar-refractivity contribution in [3.05, 3.63) is 57.5 Å². The summed E-state index contributed by atoms with van der Waals surface area (Å²) in [6.45, 7) is 2.04. The van der Waals surface area contributed by atoms with Crippen molar-refractivity contribution in [2.75, 3.05) is 5.32 Å². The highest BCUT2D eigenvalue weighted by atomic mass is 127. The maximum absolute atomic E-state index is 12.0. The molecule has 0 saturated heterocycles. The molecule has 0 aliphatic rings. The maximum Gasteiger partial charge on any atom is 0.224 e. The second-order valence-electron chi connectivity index (χ2n) is 5.09. The quantitative estimate of drug-likeness (QED) is 0.657. The van der Waals surface area contributed by atoms with Gasteiger partial charge in [-0.2, -0.15) is 0 Å². The predicted octanol–water partition coefficient (Wildman–Crippen LogP) is 4.31. The molecule has 0 unspecified atom stereocenters. The van der Waals surface area contributed by atoms with Crippen LogP contribution in [0.1, 0.15) is 17.9 Å². The highest BCUT2D eigenvalue weighted by Gasteiger charge is 2.09. The summed E-state index contributed by atoms with van der Waals surface area (Å²) < 4.78 is 6.74. The van der Waals surface area contributed by atoms with Crippen LogP contribution in [0.25, 0.3) is 11.1 Å². The number of benzene rings is 2. The van der Waals surface area contributed by atoms with Crippen molar-refractivity contribution in [1.82, 2.24) is 4.98 Å². The first-order valence-electron chi connectivity index (χ1n) is 7.02. The zero-order chi connectivity index (χ0) is 15.5. The van der Waals surface area contributed by atoms with Gasteiger partial charge in [-0.25, -0.2) is 4.98 Å². The summed E-state index contributed by atoms with van der Waals surface area (Å²) in [5, 5.41) is 2.90. The van der Waals surface area contributed by atoms with Crippen LogP contribution in [0.2, 0.25) is 0 Å². The van der Waals surface area contributed by atoms with E-state index in [1.807, 2.05) is 49.4 Å². The number of rotatable bonds is 4. The number of hydrogen-bond donors (Lipinski definition) is 1. The van der Waals surface area contributed by atoms with Crippen molar-refractivity contribution in [3.63, 3.8) is 0 Å². The van der Waals surface area contributed by atoms with Crippen LogP contribution in [0.15, 0.2) is 46.9 Å². The lowest BCUT2D eigenvalue weighted by atomic mass is 10.2. The number of nitrogens with zero attached hydrogens (tertiary/aromatic N) is 1. The van der Waals surface area contributed by atoms with Crippen molar-refractivity contribution in [1.29, 1.82) is 0 Å². The van der Waals surface area contributed by atoms with Gasteiger partial charge in [0.2, 0.25) is 5.91 Å². The lowest BCUT2D eigenvalue weighted by Crippen LogP contribution is -2.12. The number of aromatic nitrogens is 1. The van der Waals surface area contributed by atoms with Gasteiger partial charge in [0.25, 0.3) is 0 Å². The number of carbonyl (C=O) groups is 1. The normalized spacial score (nSPS) is 10.8. The van der Waals surface area contributed by atoms with Gasteiger partial charge in [-0.3, -0.25) is 4.79 Å². The highest BCUT2D eigenvalue weighted by molar-refractivity contribution is 14.1. The van der Waals surface area contributed by atoms with Crippen LogP contribution in [0.4, 0.5) is 5.69 Å². The topological polar surface area (TPSA) is 55.1 Å². The number of oxazole rings is 1. The molecular weight excluding hydrogens is 391 g/mol. The van der Waals surface area contributed by atoms with Crippen molar-refractivity contribution < 1.29 is 9.21 Å². The summed E-state index contributed by atoms with van der Waals surface area (Å²) >= 11 is 2.26. The molecule has 3 aromatic rings. The first-order chi connectivity index (χ1) is 10.6. The molecule has 0 atom stereocenters. The van der Waals surface area contributed by atoms with Crippen molar-refractivity contribution in [3.8, 4) is 0 Å². The highest BCUT2D eigenvalue weighted by Crippen LogP contribution is 2.18. The van der Waals surface area contributed by atoms with Crippen molar-refractivity contribution in [2.24, 2.45) is 0 Å². The van der Waals surface area contributed by atoms with Gasteiger partial charge in [0.05, 0.1) is 0 Å². The van der Waals surface area contributed by atoms with Crippen LogP contribution >= 0.6 is 22.6 Å². The zero-order valence-electron chi connectivity index (χ0n) is 12.1. The van der Waals surface area contributed by atoms with Crippen LogP contribution in [0.3, 0.4) is 0 Å². The monoisotopic (exact) mass is 406 g/mol. The van der Waals surface area contributed by atoms with Gasteiger partial charge in [-0.05, 0) is 59.3 Å². The minimum atomic E-state index is -0.0399. The van der Waals surface area contributed by atoms with E-state index < -0.39 is 0 Å². The van der Waals surface area contributed by atoms with E-state index in [-0.39, 0.29) is 5.91 Å². The van der Waals surface area contributed by atoms with Crippen LogP contribution in [0, 0.1) is 10.5 Å². The van der Waals surface area contributed by atoms with Crippen LogP contribution < -0.4 is 5.32 Å². The SMILES string of the molecule is Cc1ccc(NC(=O)CCc2nc3ccccc3o2)cc1I. The third-order valence-corrected chi connectivity index (χ3v) is 4.52. The Kier molecular flexibility index (Phi) is 4.42. The average molecular weight is 406 g/mol. The second kappa shape index (κ2) is 6.48. The first kappa shape index (κ1) is 15.0. The van der Waals surface area contributed by atoms with E-state index in [0.717, 1.165) is 20.4 Å². The molecule has 112 valence electrons.